The van der Waals surface area contributed by atoms with Crippen LogP contribution >= 0.6 is 0 Å². The van der Waals surface area contributed by atoms with Crippen LogP contribution in [0.2, 0.25) is 0 Å². The third kappa shape index (κ3) is 2.42. The van der Waals surface area contributed by atoms with Gasteiger partial charge in [0, 0.05) is 18.0 Å². The number of nitrogens with two attached hydrogens (primary N) is 1. The van der Waals surface area contributed by atoms with Gasteiger partial charge in [-0.25, -0.2) is 0 Å². The second kappa shape index (κ2) is 4.93. The fourth-order valence-electron chi connectivity index (χ4n) is 1.79. The van der Waals surface area contributed by atoms with E-state index in [2.05, 4.69) is 9.72 Å². The highest BCUT2D eigenvalue weighted by molar-refractivity contribution is 5.85. The average molecular weight is 230 g/mol. The molecule has 0 unspecified atom stereocenters. The first-order valence-electron chi connectivity index (χ1n) is 5.38. The number of carbonyl (C=O) groups excluding carboxylic acids is 1. The molecule has 2 rings (SSSR count). The van der Waals surface area contributed by atoms with E-state index in [1.54, 1.807) is 6.20 Å². The van der Waals surface area contributed by atoms with Crippen molar-refractivity contribution < 1.29 is 9.53 Å². The van der Waals surface area contributed by atoms with Gasteiger partial charge in [0.15, 0.2) is 0 Å². The molecule has 1 heterocycles. The Labute approximate surface area is 99.4 Å². The maximum atomic E-state index is 11.3. The van der Waals surface area contributed by atoms with Crippen LogP contribution in [0.4, 0.5) is 0 Å². The van der Waals surface area contributed by atoms with E-state index in [0.29, 0.717) is 6.42 Å². The highest BCUT2D eigenvalue weighted by Gasteiger charge is 2.16. The van der Waals surface area contributed by atoms with Crippen molar-refractivity contribution in [1.29, 1.82) is 0 Å². The summed E-state index contributed by atoms with van der Waals surface area (Å²) in [4.78, 5) is 15.6. The van der Waals surface area contributed by atoms with Crippen molar-refractivity contribution in [3.63, 3.8) is 0 Å². The van der Waals surface area contributed by atoms with E-state index in [1.807, 2.05) is 30.3 Å². The summed E-state index contributed by atoms with van der Waals surface area (Å²) in [6.07, 6.45) is 2.11. The zero-order chi connectivity index (χ0) is 12.3. The molecule has 0 saturated heterocycles. The molecule has 2 aromatic rings. The Hall–Kier alpha value is -1.94. The molecule has 4 nitrogen and oxygen atoms in total. The molecular weight excluding hydrogens is 216 g/mol. The number of ether oxygens (including phenoxy) is 1. The van der Waals surface area contributed by atoms with Gasteiger partial charge in [-0.1, -0.05) is 24.3 Å². The van der Waals surface area contributed by atoms with Crippen molar-refractivity contribution in [3.8, 4) is 0 Å². The average Bonchev–Trinajstić information content (AvgIpc) is 2.38. The normalized spacial score (nSPS) is 12.4. The Morgan fingerprint density at radius 2 is 2.18 bits per heavy atom. The quantitative estimate of drug-likeness (QED) is 0.807. The summed E-state index contributed by atoms with van der Waals surface area (Å²) in [5, 5.41) is 2.11. The van der Waals surface area contributed by atoms with Crippen molar-refractivity contribution >= 4 is 16.7 Å². The smallest absolute Gasteiger partial charge is 0.323 e. The predicted molar refractivity (Wildman–Crippen MR) is 65.4 cm³/mol. The molecule has 88 valence electrons. The molecule has 0 aliphatic heterocycles. The van der Waals surface area contributed by atoms with Crippen molar-refractivity contribution in [2.45, 2.75) is 12.5 Å². The fourth-order valence-corrected chi connectivity index (χ4v) is 1.79. The van der Waals surface area contributed by atoms with E-state index in [-0.39, 0.29) is 0 Å². The van der Waals surface area contributed by atoms with Gasteiger partial charge in [-0.05, 0) is 11.5 Å². The summed E-state index contributed by atoms with van der Waals surface area (Å²) in [5.41, 5.74) is 6.56. The van der Waals surface area contributed by atoms with E-state index < -0.39 is 12.0 Å². The minimum atomic E-state index is -0.668. The lowest BCUT2D eigenvalue weighted by molar-refractivity contribution is -0.142. The Kier molecular flexibility index (Phi) is 3.35. The summed E-state index contributed by atoms with van der Waals surface area (Å²) >= 11 is 0. The third-order valence-electron chi connectivity index (χ3n) is 2.67. The van der Waals surface area contributed by atoms with Gasteiger partial charge in [0.05, 0.1) is 12.8 Å². The second-order valence-corrected chi connectivity index (χ2v) is 3.81. The van der Waals surface area contributed by atoms with Crippen molar-refractivity contribution in [1.82, 2.24) is 4.98 Å². The van der Waals surface area contributed by atoms with Gasteiger partial charge in [0.1, 0.15) is 6.04 Å². The van der Waals surface area contributed by atoms with Gasteiger partial charge in [-0.2, -0.15) is 0 Å². The summed E-state index contributed by atoms with van der Waals surface area (Å²) in [6, 6.07) is 9.15. The van der Waals surface area contributed by atoms with Gasteiger partial charge < -0.3 is 10.5 Å². The minimum Gasteiger partial charge on any atom is -0.468 e. The molecular formula is C13H14N2O2. The Balaban J connectivity index is 2.33. The molecule has 0 spiro atoms. The Morgan fingerprint density at radius 3 is 2.94 bits per heavy atom. The molecule has 0 saturated carbocycles. The second-order valence-electron chi connectivity index (χ2n) is 3.81. The third-order valence-corrected chi connectivity index (χ3v) is 2.67. The number of esters is 1. The largest absolute Gasteiger partial charge is 0.468 e. The van der Waals surface area contributed by atoms with E-state index in [4.69, 9.17) is 5.73 Å². The van der Waals surface area contributed by atoms with Crippen LogP contribution in [0.1, 0.15) is 5.69 Å². The monoisotopic (exact) mass is 230 g/mol. The molecule has 2 N–H and O–H groups in total. The molecule has 0 bridgehead atoms. The van der Waals surface area contributed by atoms with E-state index >= 15 is 0 Å². The lowest BCUT2D eigenvalue weighted by Crippen LogP contribution is -2.33. The Bertz CT molecular complexity index is 534. The number of carbonyl (C=O) groups is 1. The van der Waals surface area contributed by atoms with Gasteiger partial charge in [-0.3, -0.25) is 9.78 Å². The van der Waals surface area contributed by atoms with E-state index in [0.717, 1.165) is 16.5 Å². The van der Waals surface area contributed by atoms with Gasteiger partial charge >= 0.3 is 5.97 Å². The van der Waals surface area contributed by atoms with Gasteiger partial charge in [0.2, 0.25) is 0 Å². The number of benzene rings is 1. The van der Waals surface area contributed by atoms with Crippen LogP contribution in [0.25, 0.3) is 10.8 Å². The molecule has 0 aliphatic carbocycles. The van der Waals surface area contributed by atoms with Crippen molar-refractivity contribution in [2.75, 3.05) is 7.11 Å². The fraction of sp³-hybridized carbons (Fsp3) is 0.231. The first-order valence-corrected chi connectivity index (χ1v) is 5.38. The molecule has 1 atom stereocenters. The van der Waals surface area contributed by atoms with Crippen molar-refractivity contribution in [2.24, 2.45) is 5.73 Å². The summed E-state index contributed by atoms with van der Waals surface area (Å²) in [7, 11) is 1.33. The molecule has 0 fully saturated rings. The Morgan fingerprint density at radius 1 is 1.41 bits per heavy atom. The number of fused-ring (bicyclic) bond motifs is 1. The van der Waals surface area contributed by atoms with Crippen LogP contribution in [0, 0.1) is 0 Å². The topological polar surface area (TPSA) is 65.2 Å². The molecule has 0 amide bonds. The van der Waals surface area contributed by atoms with E-state index in [9.17, 15) is 4.79 Å². The zero-order valence-electron chi connectivity index (χ0n) is 9.59. The number of aromatic nitrogens is 1. The molecule has 0 aliphatic rings. The van der Waals surface area contributed by atoms with Crippen LogP contribution in [0.3, 0.4) is 0 Å². The first-order chi connectivity index (χ1) is 8.22. The van der Waals surface area contributed by atoms with Crippen LogP contribution in [0.5, 0.6) is 0 Å². The standard InChI is InChI=1S/C13H14N2O2/c1-17-13(16)11(14)8-12-10-5-3-2-4-9(10)6-7-15-12/h2-7,11H,8,14H2,1H3/t11-/m0/s1. The maximum absolute atomic E-state index is 11.3. The summed E-state index contributed by atoms with van der Waals surface area (Å²) < 4.78 is 4.60. The van der Waals surface area contributed by atoms with Crippen LogP contribution < -0.4 is 5.73 Å². The number of rotatable bonds is 3. The van der Waals surface area contributed by atoms with Gasteiger partial charge in [-0.15, -0.1) is 0 Å². The van der Waals surface area contributed by atoms with Crippen LogP contribution in [-0.2, 0) is 16.0 Å². The number of methoxy groups -OCH3 is 1. The van der Waals surface area contributed by atoms with Crippen LogP contribution in [0.15, 0.2) is 36.5 Å². The first kappa shape index (κ1) is 11.5. The number of pyridine rings is 1. The zero-order valence-corrected chi connectivity index (χ0v) is 9.59. The van der Waals surface area contributed by atoms with Crippen molar-refractivity contribution in [3.05, 3.63) is 42.2 Å². The SMILES string of the molecule is COC(=O)[C@@H](N)Cc1nccc2ccccc12. The molecule has 1 aromatic heterocycles. The lowest BCUT2D eigenvalue weighted by atomic mass is 10.0. The lowest BCUT2D eigenvalue weighted by Gasteiger charge is -2.10. The number of hydrogen-bond acceptors (Lipinski definition) is 4. The molecule has 17 heavy (non-hydrogen) atoms. The molecule has 1 aromatic carbocycles. The highest BCUT2D eigenvalue weighted by atomic mass is 16.5. The predicted octanol–water partition coefficient (Wildman–Crippen LogP) is 1.28. The summed E-state index contributed by atoms with van der Waals surface area (Å²) in [6.45, 7) is 0. The maximum Gasteiger partial charge on any atom is 0.323 e. The molecule has 0 radical (unpaired) electrons. The molecule has 4 heteroatoms. The van der Waals surface area contributed by atoms with Crippen LogP contribution in [-0.4, -0.2) is 24.1 Å². The van der Waals surface area contributed by atoms with Gasteiger partial charge in [0.25, 0.3) is 0 Å². The highest BCUT2D eigenvalue weighted by Crippen LogP contribution is 2.17. The number of nitrogens with zero attached hydrogens (tertiary/aromatic N) is 1. The minimum absolute atomic E-state index is 0.383. The number of hydrogen-bond donors (Lipinski definition) is 1. The summed E-state index contributed by atoms with van der Waals surface area (Å²) in [5.74, 6) is -0.417. The van der Waals surface area contributed by atoms with E-state index in [1.165, 1.54) is 7.11 Å².